The van der Waals surface area contributed by atoms with Gasteiger partial charge in [0.25, 0.3) is 15.9 Å². The molecule has 0 aromatic heterocycles. The molecule has 2 aromatic rings. The van der Waals surface area contributed by atoms with Gasteiger partial charge in [0.2, 0.25) is 0 Å². The largest absolute Gasteiger partial charge is 0.496 e. The van der Waals surface area contributed by atoms with E-state index in [4.69, 9.17) is 4.74 Å². The molecule has 0 saturated carbocycles. The van der Waals surface area contributed by atoms with Gasteiger partial charge in [-0.25, -0.2) is 8.42 Å². The first-order chi connectivity index (χ1) is 13.5. The van der Waals surface area contributed by atoms with Crippen LogP contribution in [0.1, 0.15) is 42.1 Å². The molecule has 6 nitrogen and oxygen atoms in total. The molecule has 2 aromatic carbocycles. The highest BCUT2D eigenvalue weighted by Gasteiger charge is 2.31. The predicted molar refractivity (Wildman–Crippen MR) is 110 cm³/mol. The van der Waals surface area contributed by atoms with Gasteiger partial charge in [-0.3, -0.25) is 9.10 Å². The van der Waals surface area contributed by atoms with Gasteiger partial charge in [-0.05, 0) is 42.7 Å². The van der Waals surface area contributed by atoms with Crippen molar-refractivity contribution in [3.63, 3.8) is 0 Å². The predicted octanol–water partition coefficient (Wildman–Crippen LogP) is 3.37. The molecule has 150 valence electrons. The number of benzene rings is 2. The minimum atomic E-state index is -3.76. The molecular formula is C21H26N2O4S. The Kier molecular flexibility index (Phi) is 6.24. The van der Waals surface area contributed by atoms with Gasteiger partial charge >= 0.3 is 0 Å². The number of methoxy groups -OCH3 is 1. The Hall–Kier alpha value is -2.54. The lowest BCUT2D eigenvalue weighted by atomic mass is 10.2. The summed E-state index contributed by atoms with van der Waals surface area (Å²) in [5.41, 5.74) is 1.94. The van der Waals surface area contributed by atoms with Gasteiger partial charge in [-0.15, -0.1) is 0 Å². The van der Waals surface area contributed by atoms with Crippen molar-refractivity contribution in [2.75, 3.05) is 24.5 Å². The van der Waals surface area contributed by atoms with E-state index in [1.165, 1.54) is 29.6 Å². The van der Waals surface area contributed by atoms with Crippen LogP contribution in [0.25, 0.3) is 0 Å². The van der Waals surface area contributed by atoms with Crippen LogP contribution < -0.4 is 14.4 Å². The zero-order valence-electron chi connectivity index (χ0n) is 16.3. The number of unbranched alkanes of at least 4 members (excludes halogenated alkanes) is 2. The third kappa shape index (κ3) is 3.99. The molecule has 7 heteroatoms. The van der Waals surface area contributed by atoms with Crippen LogP contribution in [0.4, 0.5) is 5.69 Å². The third-order valence-electron chi connectivity index (χ3n) is 4.91. The van der Waals surface area contributed by atoms with Crippen LogP contribution in [0.15, 0.2) is 47.4 Å². The van der Waals surface area contributed by atoms with Crippen LogP contribution in [0, 0.1) is 0 Å². The van der Waals surface area contributed by atoms with Crippen molar-refractivity contribution in [2.24, 2.45) is 0 Å². The first-order valence-corrected chi connectivity index (χ1v) is 11.0. The highest BCUT2D eigenvalue weighted by Crippen LogP contribution is 2.33. The Morgan fingerprint density at radius 2 is 1.96 bits per heavy atom. The quantitative estimate of drug-likeness (QED) is 0.687. The number of carbonyl (C=O) groups excluding carboxylic acids is 1. The van der Waals surface area contributed by atoms with Crippen molar-refractivity contribution in [1.82, 2.24) is 5.32 Å². The fourth-order valence-electron chi connectivity index (χ4n) is 3.38. The van der Waals surface area contributed by atoms with E-state index in [-0.39, 0.29) is 16.4 Å². The van der Waals surface area contributed by atoms with E-state index in [1.807, 2.05) is 24.3 Å². The standard InChI is InChI=1S/C21H26N2O4S/c1-3-4-7-13-22-21(24)18-15-17(10-11-20(18)27-2)28(25,26)23-14-12-16-8-5-6-9-19(16)23/h5-6,8-11,15H,3-4,7,12-14H2,1-2H3,(H,22,24). The normalized spacial score (nSPS) is 13.3. The molecule has 1 aliphatic rings. The van der Waals surface area contributed by atoms with Crippen LogP contribution in [-0.4, -0.2) is 34.5 Å². The number of anilines is 1. The summed E-state index contributed by atoms with van der Waals surface area (Å²) < 4.78 is 33.1. The summed E-state index contributed by atoms with van der Waals surface area (Å²) >= 11 is 0. The van der Waals surface area contributed by atoms with E-state index in [2.05, 4.69) is 12.2 Å². The highest BCUT2D eigenvalue weighted by molar-refractivity contribution is 7.92. The van der Waals surface area contributed by atoms with E-state index in [1.54, 1.807) is 0 Å². The fraction of sp³-hybridized carbons (Fsp3) is 0.381. The third-order valence-corrected chi connectivity index (χ3v) is 6.72. The van der Waals surface area contributed by atoms with Crippen LogP contribution >= 0.6 is 0 Å². The number of ether oxygens (including phenoxy) is 1. The summed E-state index contributed by atoms with van der Waals surface area (Å²) in [5.74, 6) is 0.0283. The molecule has 0 fully saturated rings. The molecule has 0 unspecified atom stereocenters. The Bertz CT molecular complexity index is 957. The number of hydrogen-bond acceptors (Lipinski definition) is 4. The van der Waals surface area contributed by atoms with Crippen LogP contribution in [0.3, 0.4) is 0 Å². The topological polar surface area (TPSA) is 75.7 Å². The fourth-order valence-corrected chi connectivity index (χ4v) is 4.91. The Morgan fingerprint density at radius 1 is 1.18 bits per heavy atom. The van der Waals surface area contributed by atoms with Gasteiger partial charge in [0, 0.05) is 13.1 Å². The number of fused-ring (bicyclic) bond motifs is 1. The Balaban J connectivity index is 1.89. The monoisotopic (exact) mass is 402 g/mol. The number of hydrogen-bond donors (Lipinski definition) is 1. The molecule has 0 bridgehead atoms. The van der Waals surface area contributed by atoms with Crippen LogP contribution in [-0.2, 0) is 16.4 Å². The first-order valence-electron chi connectivity index (χ1n) is 9.56. The molecule has 1 amide bonds. The molecule has 0 radical (unpaired) electrons. The summed E-state index contributed by atoms with van der Waals surface area (Å²) in [6, 6.07) is 11.9. The van der Waals surface area contributed by atoms with Gasteiger partial charge in [-0.2, -0.15) is 0 Å². The van der Waals surface area contributed by atoms with Gasteiger partial charge < -0.3 is 10.1 Å². The lowest BCUT2D eigenvalue weighted by Gasteiger charge is -2.20. The lowest BCUT2D eigenvalue weighted by Crippen LogP contribution is -2.30. The zero-order valence-corrected chi connectivity index (χ0v) is 17.1. The maximum absolute atomic E-state index is 13.2. The van der Waals surface area contributed by atoms with E-state index < -0.39 is 10.0 Å². The summed E-state index contributed by atoms with van der Waals surface area (Å²) in [6.07, 6.45) is 3.65. The molecule has 1 aliphatic heterocycles. The second-order valence-corrected chi connectivity index (χ2v) is 8.64. The smallest absolute Gasteiger partial charge is 0.264 e. The van der Waals surface area contributed by atoms with Crippen molar-refractivity contribution in [3.8, 4) is 5.75 Å². The number of sulfonamides is 1. The molecular weight excluding hydrogens is 376 g/mol. The molecule has 28 heavy (non-hydrogen) atoms. The number of nitrogens with one attached hydrogen (secondary N) is 1. The SMILES string of the molecule is CCCCCNC(=O)c1cc(S(=O)(=O)N2CCc3ccccc32)ccc1OC. The van der Waals surface area contributed by atoms with Crippen molar-refractivity contribution in [2.45, 2.75) is 37.5 Å². The maximum atomic E-state index is 13.2. The van der Waals surface area contributed by atoms with Crippen molar-refractivity contribution >= 4 is 21.6 Å². The van der Waals surface area contributed by atoms with Gasteiger partial charge in [-0.1, -0.05) is 38.0 Å². The number of nitrogens with zero attached hydrogens (tertiary/aromatic N) is 1. The maximum Gasteiger partial charge on any atom is 0.264 e. The van der Waals surface area contributed by atoms with Crippen molar-refractivity contribution < 1.29 is 17.9 Å². The lowest BCUT2D eigenvalue weighted by molar-refractivity contribution is 0.0949. The van der Waals surface area contributed by atoms with Crippen molar-refractivity contribution in [3.05, 3.63) is 53.6 Å². The minimum absolute atomic E-state index is 0.0868. The second-order valence-electron chi connectivity index (χ2n) is 6.78. The average Bonchev–Trinajstić information content (AvgIpc) is 3.15. The van der Waals surface area contributed by atoms with Gasteiger partial charge in [0.1, 0.15) is 5.75 Å². The molecule has 1 heterocycles. The molecule has 0 atom stereocenters. The Morgan fingerprint density at radius 3 is 2.71 bits per heavy atom. The Labute approximate surface area is 166 Å². The molecule has 1 N–H and O–H groups in total. The zero-order chi connectivity index (χ0) is 20.1. The van der Waals surface area contributed by atoms with Crippen molar-refractivity contribution in [1.29, 1.82) is 0 Å². The van der Waals surface area contributed by atoms with Gasteiger partial charge in [0.05, 0.1) is 23.3 Å². The van der Waals surface area contributed by atoms with Crippen LogP contribution in [0.2, 0.25) is 0 Å². The van der Waals surface area contributed by atoms with E-state index >= 15 is 0 Å². The molecule has 0 aliphatic carbocycles. The number of amides is 1. The van der Waals surface area contributed by atoms with E-state index in [0.29, 0.717) is 30.9 Å². The van der Waals surface area contributed by atoms with Crippen LogP contribution in [0.5, 0.6) is 5.75 Å². The summed E-state index contributed by atoms with van der Waals surface area (Å²) in [7, 11) is -2.30. The molecule has 0 saturated heterocycles. The highest BCUT2D eigenvalue weighted by atomic mass is 32.2. The van der Waals surface area contributed by atoms with E-state index in [0.717, 1.165) is 24.8 Å². The average molecular weight is 403 g/mol. The summed E-state index contributed by atoms with van der Waals surface area (Å²) in [4.78, 5) is 12.7. The summed E-state index contributed by atoms with van der Waals surface area (Å²) in [5, 5.41) is 2.84. The molecule has 0 spiro atoms. The number of rotatable bonds is 8. The first kappa shape index (κ1) is 20.2. The van der Waals surface area contributed by atoms with Gasteiger partial charge in [0.15, 0.2) is 0 Å². The second kappa shape index (κ2) is 8.65. The van der Waals surface area contributed by atoms with E-state index in [9.17, 15) is 13.2 Å². The summed E-state index contributed by atoms with van der Waals surface area (Å²) in [6.45, 7) is 3.04. The number of carbonyl (C=O) groups is 1. The minimum Gasteiger partial charge on any atom is -0.496 e. The molecule has 3 rings (SSSR count). The number of para-hydroxylation sites is 1.